The molecule has 0 atom stereocenters. The van der Waals surface area contributed by atoms with Crippen LogP contribution in [0.5, 0.6) is 0 Å². The van der Waals surface area contributed by atoms with Crippen LogP contribution in [-0.2, 0) is 0 Å². The number of hydrogen-bond donors (Lipinski definition) is 0. The lowest BCUT2D eigenvalue weighted by Gasteiger charge is -2.35. The molecule has 0 saturated carbocycles. The molecule has 84 heavy (non-hydrogen) atoms. The van der Waals surface area contributed by atoms with Gasteiger partial charge in [0.15, 0.2) is 80.4 Å². The third-order valence-corrected chi connectivity index (χ3v) is 21.4. The zero-order valence-corrected chi connectivity index (χ0v) is 47.0. The summed E-state index contributed by atoms with van der Waals surface area (Å²) < 4.78 is 413. The minimum atomic E-state index is -5.07. The van der Waals surface area contributed by atoms with Gasteiger partial charge in [0.25, 0.3) is 0 Å². The molecule has 0 spiro atoms. The lowest BCUT2D eigenvalue weighted by atomic mass is 9.36. The maximum atomic E-state index is 15.8. The molecule has 0 nitrogen and oxygen atoms in total. The van der Waals surface area contributed by atoms with Crippen molar-refractivity contribution < 1.29 is 123 Å². The van der Waals surface area contributed by atoms with Gasteiger partial charge in [-0.3, -0.25) is 0 Å². The lowest BCUT2D eigenvalue weighted by molar-refractivity contribution is 0.382. The van der Waals surface area contributed by atoms with E-state index >= 15 is 35.1 Å². The average Bonchev–Trinajstić information content (AvgIpc) is 1.11. The van der Waals surface area contributed by atoms with Crippen molar-refractivity contribution in [2.24, 2.45) is 0 Å². The highest BCUT2D eigenvalue weighted by atomic mass is 31.1. The zero-order chi connectivity index (χ0) is 65.1. The van der Waals surface area contributed by atoms with E-state index in [0.717, 1.165) is 0 Å². The molecule has 32 heteroatoms. The molecular formula is C52H40B2F28P2. The molecule has 6 aromatic carbocycles. The van der Waals surface area contributed by atoms with E-state index in [1.165, 1.54) is 83.1 Å². The van der Waals surface area contributed by atoms with Gasteiger partial charge in [-0.05, 0) is 83.1 Å². The number of rotatable bonds is 8. The smallest absolute Gasteiger partial charge is 0.200 e. The number of benzene rings is 6. The maximum absolute atomic E-state index is 15.8. The molecule has 0 bridgehead atoms. The lowest BCUT2D eigenvalue weighted by Crippen LogP contribution is -2.61. The Morgan fingerprint density at radius 1 is 0.167 bits per heavy atom. The molecule has 0 amide bonds. The van der Waals surface area contributed by atoms with Gasteiger partial charge in [-0.1, -0.05) is 0 Å². The number of halogens is 28. The molecule has 0 N–H and O–H groups in total. The highest BCUT2D eigenvalue weighted by molar-refractivity contribution is 7.69. The summed E-state index contributed by atoms with van der Waals surface area (Å²) in [6.07, 6.45) is 0. The van der Waals surface area contributed by atoms with E-state index in [1.807, 2.05) is 0 Å². The largest absolute Gasteiger partial charge is 0.207 e. The van der Waals surface area contributed by atoms with Crippen LogP contribution in [0, 0.1) is 163 Å². The Morgan fingerprint density at radius 2 is 0.262 bits per heavy atom. The van der Waals surface area contributed by atoms with Gasteiger partial charge in [-0.25, -0.2) is 105 Å². The second-order valence-corrected chi connectivity index (χ2v) is 31.7. The zero-order valence-electron chi connectivity index (χ0n) is 45.0. The fraction of sp³-hybridized carbons (Fsp3) is 0.308. The second-order valence-electron chi connectivity index (χ2n) is 23.2. The van der Waals surface area contributed by atoms with Gasteiger partial charge in [0.2, 0.25) is 23.3 Å². The first-order valence-corrected chi connectivity index (χ1v) is 26.9. The van der Waals surface area contributed by atoms with Crippen molar-refractivity contribution in [2.45, 2.75) is 104 Å². The van der Waals surface area contributed by atoms with E-state index in [0.29, 0.717) is 0 Å². The Morgan fingerprint density at radius 3 is 0.369 bits per heavy atom. The summed E-state index contributed by atoms with van der Waals surface area (Å²) in [6, 6.07) is 0. The average molecular weight is 1280 g/mol. The van der Waals surface area contributed by atoms with Crippen LogP contribution in [0.1, 0.15) is 83.1 Å². The van der Waals surface area contributed by atoms with Crippen LogP contribution in [-0.4, -0.2) is 34.0 Å². The van der Waals surface area contributed by atoms with E-state index in [1.54, 1.807) is 0 Å². The molecule has 0 aliphatic heterocycles. The predicted molar refractivity (Wildman–Crippen MR) is 264 cm³/mol. The van der Waals surface area contributed by atoms with Gasteiger partial charge in [-0.2, -0.15) is 17.6 Å². The summed E-state index contributed by atoms with van der Waals surface area (Å²) in [4.78, 5) is 0. The summed E-state index contributed by atoms with van der Waals surface area (Å²) >= 11 is 0. The molecule has 0 fully saturated rings. The summed E-state index contributed by atoms with van der Waals surface area (Å²) in [5.74, 6) is -77.4. The van der Waals surface area contributed by atoms with E-state index in [4.69, 9.17) is 0 Å². The Bertz CT molecular complexity index is 3110. The van der Waals surface area contributed by atoms with Crippen LogP contribution in [0.3, 0.4) is 0 Å². The first-order chi connectivity index (χ1) is 38.0. The van der Waals surface area contributed by atoms with Crippen molar-refractivity contribution in [2.75, 3.05) is 0 Å². The summed E-state index contributed by atoms with van der Waals surface area (Å²) in [5, 5.41) is -6.65. The van der Waals surface area contributed by atoms with Crippen molar-refractivity contribution in [3.05, 3.63) is 163 Å². The Labute approximate surface area is 461 Å². The molecular weight excluding hydrogens is 1240 g/mol. The molecule has 0 aromatic heterocycles. The quantitative estimate of drug-likeness (QED) is 0.0468. The molecule has 0 aliphatic carbocycles. The monoisotopic (exact) mass is 1280 g/mol. The summed E-state index contributed by atoms with van der Waals surface area (Å²) in [5.41, 5.74) is -14.5. The van der Waals surface area contributed by atoms with Crippen molar-refractivity contribution in [1.29, 1.82) is 0 Å². The van der Waals surface area contributed by atoms with Gasteiger partial charge in [0, 0.05) is 0 Å². The topological polar surface area (TPSA) is 0 Å². The van der Waals surface area contributed by atoms with Crippen LogP contribution in [0.2, 0.25) is 0 Å². The van der Waals surface area contributed by atoms with Gasteiger partial charge in [0.05, 0.1) is 49.9 Å². The molecule has 0 radical (unpaired) electrons. The van der Waals surface area contributed by atoms with Crippen LogP contribution in [0.25, 0.3) is 0 Å². The van der Waals surface area contributed by atoms with Crippen molar-refractivity contribution >= 4 is 72.7 Å². The first-order valence-electron chi connectivity index (χ1n) is 23.9. The molecule has 0 aliphatic rings. The highest BCUT2D eigenvalue weighted by Crippen LogP contribution is 2.60. The van der Waals surface area contributed by atoms with Gasteiger partial charge in [-0.15, -0.1) is 32.8 Å². The van der Waals surface area contributed by atoms with Gasteiger partial charge >= 0.3 is 0 Å². The van der Waals surface area contributed by atoms with Crippen LogP contribution in [0.15, 0.2) is 0 Å². The van der Waals surface area contributed by atoms with Gasteiger partial charge < -0.3 is 0 Å². The summed E-state index contributed by atoms with van der Waals surface area (Å²) in [6.45, 7) is 7.44. The molecule has 6 aromatic rings. The van der Waals surface area contributed by atoms with E-state index in [9.17, 15) is 87.8 Å². The third-order valence-electron chi connectivity index (χ3n) is 13.5. The van der Waals surface area contributed by atoms with Crippen LogP contribution in [0.4, 0.5) is 123 Å². The normalized spacial score (nSPS) is 12.7. The third kappa shape index (κ3) is 11.5. The van der Waals surface area contributed by atoms with E-state index < -0.39 is 256 Å². The number of hydrogen-bond acceptors (Lipinski definition) is 0. The SMILES string of the molecule is CC(C)(C)[PH+](c1c(F)c(F)c([BH-](c2c(F)c(F)c(F)c(F)c2F)c2c(F)c(F)c(F)c(F)c2F)c(F)c1F)C(C)(C)C.CC(C)(C)[PH+](c1c(F)c(F)c([BH-](c2c(F)c(F)c(F)c(F)c2F)c2c(F)c(F)c(F)c(F)c2F)c(F)c1F)C(C)(C)C. The molecule has 0 unspecified atom stereocenters. The second kappa shape index (κ2) is 23.6. The van der Waals surface area contributed by atoms with E-state index in [2.05, 4.69) is 0 Å². The minimum absolute atomic E-state index is 1.07. The minimum Gasteiger partial charge on any atom is -0.207 e. The van der Waals surface area contributed by atoms with Crippen LogP contribution >= 0.6 is 15.8 Å². The van der Waals surface area contributed by atoms with Crippen molar-refractivity contribution in [1.82, 2.24) is 0 Å². The Hall–Kier alpha value is -5.65. The van der Waals surface area contributed by atoms with E-state index in [-0.39, 0.29) is 0 Å². The molecule has 0 heterocycles. The first kappa shape index (κ1) is 69.1. The standard InChI is InChI=1S/2C26H19BF14P/c2*1-25(2,3)42(26(4,5)6)24-22(40)14(32)9(15(33)23(24)41)27(7-10(28)16(34)20(38)17(35)11(7)29)8-12(30)18(36)21(39)19(37)13(8)31/h2*27H,1-6H3/q2*-1/p+2. The van der Waals surface area contributed by atoms with Crippen LogP contribution < -0.4 is 43.4 Å². The van der Waals surface area contributed by atoms with Crippen molar-refractivity contribution in [3.8, 4) is 0 Å². The fourth-order valence-electron chi connectivity index (χ4n) is 11.1. The van der Waals surface area contributed by atoms with Crippen molar-refractivity contribution in [3.63, 3.8) is 0 Å². The van der Waals surface area contributed by atoms with Gasteiger partial charge in [0.1, 0.15) is 69.8 Å². The maximum Gasteiger partial charge on any atom is 0.200 e. The Balaban J connectivity index is 0.000000307. The Kier molecular flexibility index (Phi) is 19.4. The predicted octanol–water partition coefficient (Wildman–Crippen LogP) is 12.6. The molecule has 460 valence electrons. The molecule has 0 saturated heterocycles. The highest BCUT2D eigenvalue weighted by Gasteiger charge is 2.52. The molecule has 6 rings (SSSR count). The fourth-order valence-corrected chi connectivity index (χ4v) is 19.9. The summed E-state index contributed by atoms with van der Waals surface area (Å²) in [7, 11) is -5.51.